The van der Waals surface area contributed by atoms with Crippen LogP contribution >= 0.6 is 19.7 Å². The summed E-state index contributed by atoms with van der Waals surface area (Å²) in [7, 11) is 2.60. The van der Waals surface area contributed by atoms with E-state index < -0.39 is 0 Å². The van der Waals surface area contributed by atoms with Crippen molar-refractivity contribution in [2.24, 2.45) is 0 Å². The maximum absolute atomic E-state index is 3.24. The molecule has 0 radical (unpaired) electrons. The number of nitrogens with one attached hydrogen (secondary N) is 1. The number of rotatable bonds is 3. The van der Waals surface area contributed by atoms with Crippen molar-refractivity contribution in [3.8, 4) is 0 Å². The summed E-state index contributed by atoms with van der Waals surface area (Å²) in [5.74, 6) is 0. The van der Waals surface area contributed by atoms with Crippen molar-refractivity contribution in [2.45, 2.75) is 19.9 Å². The Morgan fingerprint density at radius 3 is 2.43 bits per heavy atom. The first-order valence-corrected chi connectivity index (χ1v) is 4.78. The van der Waals surface area contributed by atoms with Gasteiger partial charge in [-0.25, -0.2) is 0 Å². The summed E-state index contributed by atoms with van der Waals surface area (Å²) >= 11 is 1.74. The van der Waals surface area contributed by atoms with Crippen molar-refractivity contribution in [2.75, 3.05) is 0 Å². The third-order valence-electron chi connectivity index (χ3n) is 0.575. The molecular formula is C3H11BNPS. The molecule has 0 amide bonds. The largest absolute Gasteiger partial charge is 0.347 e. The molecule has 0 rings (SSSR count). The number of hydrogen-bond donors (Lipinski definition) is 1. The van der Waals surface area contributed by atoms with Gasteiger partial charge in [-0.05, 0) is 6.04 Å². The van der Waals surface area contributed by atoms with Crippen LogP contribution in [-0.4, -0.2) is 12.7 Å². The minimum absolute atomic E-state index is 0.619. The molecule has 0 saturated heterocycles. The van der Waals surface area contributed by atoms with E-state index >= 15 is 0 Å². The zero-order valence-corrected chi connectivity index (χ0v) is 6.74. The summed E-state index contributed by atoms with van der Waals surface area (Å²) in [5.41, 5.74) is 0. The van der Waals surface area contributed by atoms with Crippen LogP contribution in [0.5, 0.6) is 0 Å². The van der Waals surface area contributed by atoms with Gasteiger partial charge in [0.15, 0.2) is 0 Å². The molecule has 0 spiro atoms. The molecule has 0 aromatic heterocycles. The Kier molecular flexibility index (Phi) is 5.52. The SMILES string of the molecule is CC(C)NBSP. The summed E-state index contributed by atoms with van der Waals surface area (Å²) in [6.07, 6.45) is 0. The van der Waals surface area contributed by atoms with E-state index in [4.69, 9.17) is 0 Å². The molecule has 4 heteroatoms. The minimum Gasteiger partial charge on any atom is -0.347 e. The summed E-state index contributed by atoms with van der Waals surface area (Å²) in [4.78, 5) is 0. The van der Waals surface area contributed by atoms with Gasteiger partial charge in [0.25, 0.3) is 6.69 Å². The molecule has 0 aliphatic heterocycles. The predicted molar refractivity (Wildman–Crippen MR) is 42.7 cm³/mol. The van der Waals surface area contributed by atoms with Crippen LogP contribution < -0.4 is 5.23 Å². The third-order valence-corrected chi connectivity index (χ3v) is 1.41. The van der Waals surface area contributed by atoms with Gasteiger partial charge in [-0.1, -0.05) is 22.3 Å². The Hall–Kier alpha value is 0.805. The Morgan fingerprint density at radius 1 is 1.71 bits per heavy atom. The summed E-state index contributed by atoms with van der Waals surface area (Å²) in [5, 5.41) is 3.24. The van der Waals surface area contributed by atoms with Crippen LogP contribution in [0.4, 0.5) is 0 Å². The molecular weight excluding hydrogens is 124 g/mol. The highest BCUT2D eigenvalue weighted by Gasteiger charge is 1.88. The van der Waals surface area contributed by atoms with Crippen molar-refractivity contribution in [1.82, 2.24) is 5.23 Å². The molecule has 1 atom stereocenters. The van der Waals surface area contributed by atoms with Gasteiger partial charge in [0.2, 0.25) is 0 Å². The van der Waals surface area contributed by atoms with Crippen molar-refractivity contribution in [3.05, 3.63) is 0 Å². The van der Waals surface area contributed by atoms with Gasteiger partial charge < -0.3 is 5.23 Å². The summed E-state index contributed by atoms with van der Waals surface area (Å²) in [6, 6.07) is 0.619. The second-order valence-electron chi connectivity index (χ2n) is 1.67. The Balaban J connectivity index is 2.68. The van der Waals surface area contributed by atoms with Crippen LogP contribution in [0.1, 0.15) is 13.8 Å². The van der Waals surface area contributed by atoms with Crippen LogP contribution in [0.3, 0.4) is 0 Å². The fourth-order valence-electron chi connectivity index (χ4n) is 0.215. The second-order valence-corrected chi connectivity index (χ2v) is 3.29. The average Bonchev–Trinajstić information content (AvgIpc) is 1.61. The molecule has 1 unspecified atom stereocenters. The van der Waals surface area contributed by atoms with Gasteiger partial charge in [-0.2, -0.15) is 11.2 Å². The van der Waals surface area contributed by atoms with Gasteiger partial charge in [-0.15, -0.1) is 0 Å². The van der Waals surface area contributed by atoms with E-state index in [-0.39, 0.29) is 0 Å². The highest BCUT2D eigenvalue weighted by atomic mass is 32.7. The fraction of sp³-hybridized carbons (Fsp3) is 1.00. The molecule has 0 saturated carbocycles. The monoisotopic (exact) mass is 135 g/mol. The zero-order chi connectivity index (χ0) is 5.70. The molecule has 7 heavy (non-hydrogen) atoms. The first-order chi connectivity index (χ1) is 3.27. The lowest BCUT2D eigenvalue weighted by Gasteiger charge is -2.01. The lowest BCUT2D eigenvalue weighted by Crippen LogP contribution is -2.23. The fourth-order valence-corrected chi connectivity index (χ4v) is 0.933. The van der Waals surface area contributed by atoms with E-state index in [2.05, 4.69) is 27.5 Å². The van der Waals surface area contributed by atoms with Crippen LogP contribution in [0.25, 0.3) is 0 Å². The lowest BCUT2D eigenvalue weighted by molar-refractivity contribution is 0.759. The predicted octanol–water partition coefficient (Wildman–Crippen LogP) is 0.774. The van der Waals surface area contributed by atoms with E-state index in [1.807, 2.05) is 0 Å². The van der Waals surface area contributed by atoms with Crippen molar-refractivity contribution < 1.29 is 0 Å². The lowest BCUT2D eigenvalue weighted by atomic mass is 10.3. The van der Waals surface area contributed by atoms with Crippen molar-refractivity contribution in [1.29, 1.82) is 0 Å². The van der Waals surface area contributed by atoms with Crippen molar-refractivity contribution in [3.63, 3.8) is 0 Å². The van der Waals surface area contributed by atoms with E-state index in [9.17, 15) is 0 Å². The molecule has 0 aromatic carbocycles. The van der Waals surface area contributed by atoms with E-state index in [0.717, 1.165) is 6.69 Å². The molecule has 0 heterocycles. The Morgan fingerprint density at radius 2 is 2.29 bits per heavy atom. The van der Waals surface area contributed by atoms with Gasteiger partial charge in [0.05, 0.1) is 0 Å². The molecule has 1 N–H and O–H groups in total. The Labute approximate surface area is 52.1 Å². The topological polar surface area (TPSA) is 12.0 Å². The maximum Gasteiger partial charge on any atom is 0.274 e. The van der Waals surface area contributed by atoms with Gasteiger partial charge in [-0.3, -0.25) is 0 Å². The van der Waals surface area contributed by atoms with E-state index in [0.29, 0.717) is 6.04 Å². The average molecular weight is 135 g/mol. The van der Waals surface area contributed by atoms with Gasteiger partial charge in [0.1, 0.15) is 0 Å². The highest BCUT2D eigenvalue weighted by molar-refractivity contribution is 8.57. The summed E-state index contributed by atoms with van der Waals surface area (Å²) in [6.45, 7) is 5.31. The molecule has 42 valence electrons. The van der Waals surface area contributed by atoms with Crippen LogP contribution in [-0.2, 0) is 0 Å². The van der Waals surface area contributed by atoms with Crippen LogP contribution in [0.2, 0.25) is 0 Å². The normalized spacial score (nSPS) is 9.71. The second kappa shape index (κ2) is 4.95. The van der Waals surface area contributed by atoms with Gasteiger partial charge >= 0.3 is 0 Å². The summed E-state index contributed by atoms with van der Waals surface area (Å²) < 4.78 is 0. The molecule has 0 aromatic rings. The maximum atomic E-state index is 3.24. The first kappa shape index (κ1) is 7.80. The highest BCUT2D eigenvalue weighted by Crippen LogP contribution is 2.03. The van der Waals surface area contributed by atoms with Crippen molar-refractivity contribution >= 4 is 26.4 Å². The minimum atomic E-state index is 0.619. The molecule has 0 aliphatic rings. The number of hydrogen-bond acceptors (Lipinski definition) is 2. The first-order valence-electron chi connectivity index (χ1n) is 2.32. The zero-order valence-electron chi connectivity index (χ0n) is 4.77. The standard InChI is InChI=1S/C3H11BNPS/c1-3(2)5-4-7-6/h3-5H,6H2,1-2H3. The molecule has 0 bridgehead atoms. The van der Waals surface area contributed by atoms with E-state index in [1.54, 1.807) is 11.2 Å². The third kappa shape index (κ3) is 6.80. The van der Waals surface area contributed by atoms with Crippen LogP contribution in [0, 0.1) is 0 Å². The smallest absolute Gasteiger partial charge is 0.274 e. The Bertz CT molecular complexity index is 43.9. The van der Waals surface area contributed by atoms with E-state index in [1.165, 1.54) is 0 Å². The molecule has 0 fully saturated rings. The molecule has 1 nitrogen and oxygen atoms in total. The van der Waals surface area contributed by atoms with Crippen LogP contribution in [0.15, 0.2) is 0 Å². The quantitative estimate of drug-likeness (QED) is 0.453. The van der Waals surface area contributed by atoms with Gasteiger partial charge in [0, 0.05) is 0 Å². The molecule has 0 aliphatic carbocycles.